The van der Waals surface area contributed by atoms with Crippen LogP contribution in [0.3, 0.4) is 0 Å². The highest BCUT2D eigenvalue weighted by Crippen LogP contribution is 2.22. The van der Waals surface area contributed by atoms with Gasteiger partial charge in [0.05, 0.1) is 12.6 Å². The summed E-state index contributed by atoms with van der Waals surface area (Å²) in [4.78, 5) is 0. The summed E-state index contributed by atoms with van der Waals surface area (Å²) < 4.78 is 6.41. The number of hydrogen-bond acceptors (Lipinski definition) is 3. The zero-order valence-electron chi connectivity index (χ0n) is 9.73. The summed E-state index contributed by atoms with van der Waals surface area (Å²) in [6.07, 6.45) is 2.05. The van der Waals surface area contributed by atoms with Crippen molar-refractivity contribution in [2.45, 2.75) is 18.9 Å². The van der Waals surface area contributed by atoms with E-state index in [1.807, 2.05) is 24.3 Å². The van der Waals surface area contributed by atoms with E-state index in [1.165, 1.54) is 0 Å². The molecule has 0 bridgehead atoms. The molecule has 3 nitrogen and oxygen atoms in total. The van der Waals surface area contributed by atoms with Gasteiger partial charge in [-0.15, -0.1) is 0 Å². The average molecular weight is 300 g/mol. The molecule has 1 unspecified atom stereocenters. The van der Waals surface area contributed by atoms with Crippen molar-refractivity contribution in [1.29, 1.82) is 0 Å². The molecule has 1 aliphatic rings. The van der Waals surface area contributed by atoms with Gasteiger partial charge in [0.15, 0.2) is 0 Å². The monoisotopic (exact) mass is 299 g/mol. The van der Waals surface area contributed by atoms with Gasteiger partial charge in [-0.1, -0.05) is 15.9 Å². The normalized spacial score (nSPS) is 18.9. The van der Waals surface area contributed by atoms with Crippen molar-refractivity contribution >= 4 is 21.6 Å². The first-order valence-electron chi connectivity index (χ1n) is 6.00. The van der Waals surface area contributed by atoms with Gasteiger partial charge in [-0.2, -0.15) is 0 Å². The summed E-state index contributed by atoms with van der Waals surface area (Å²) in [5.41, 5.74) is 1.05. The lowest BCUT2D eigenvalue weighted by atomic mass is 9.92. The van der Waals surface area contributed by atoms with Crippen LogP contribution >= 0.6 is 15.9 Å². The summed E-state index contributed by atoms with van der Waals surface area (Å²) in [7, 11) is 0. The lowest BCUT2D eigenvalue weighted by Gasteiger charge is -2.30. The van der Waals surface area contributed by atoms with E-state index in [0.29, 0.717) is 5.92 Å². The Balaban J connectivity index is 1.96. The molecule has 0 aliphatic carbocycles. The Morgan fingerprint density at radius 2 is 1.94 bits per heavy atom. The fourth-order valence-corrected chi connectivity index (χ4v) is 2.46. The van der Waals surface area contributed by atoms with Crippen LogP contribution in [0.15, 0.2) is 28.7 Å². The van der Waals surface area contributed by atoms with E-state index < -0.39 is 0 Å². The molecule has 0 aromatic heterocycles. The highest BCUT2D eigenvalue weighted by molar-refractivity contribution is 9.10. The Morgan fingerprint density at radius 3 is 2.53 bits per heavy atom. The summed E-state index contributed by atoms with van der Waals surface area (Å²) in [5, 5.41) is 12.9. The van der Waals surface area contributed by atoms with Crippen molar-refractivity contribution in [3.8, 4) is 0 Å². The van der Waals surface area contributed by atoms with Gasteiger partial charge >= 0.3 is 0 Å². The molecule has 1 fully saturated rings. The third kappa shape index (κ3) is 3.69. The molecule has 2 N–H and O–H groups in total. The van der Waals surface area contributed by atoms with Crippen LogP contribution in [0.25, 0.3) is 0 Å². The van der Waals surface area contributed by atoms with Gasteiger partial charge in [0.2, 0.25) is 0 Å². The Hall–Kier alpha value is -0.580. The van der Waals surface area contributed by atoms with Crippen molar-refractivity contribution in [3.63, 3.8) is 0 Å². The number of rotatable bonds is 4. The second-order valence-electron chi connectivity index (χ2n) is 4.39. The molecule has 4 heteroatoms. The molecule has 0 amide bonds. The minimum Gasteiger partial charge on any atom is -0.394 e. The third-order valence-electron chi connectivity index (χ3n) is 3.23. The zero-order valence-corrected chi connectivity index (χ0v) is 11.3. The van der Waals surface area contributed by atoms with Crippen LogP contribution in [0.1, 0.15) is 12.8 Å². The van der Waals surface area contributed by atoms with Crippen LogP contribution in [-0.2, 0) is 4.74 Å². The molecule has 17 heavy (non-hydrogen) atoms. The lowest BCUT2D eigenvalue weighted by molar-refractivity contribution is 0.0534. The highest BCUT2D eigenvalue weighted by atomic mass is 79.9. The van der Waals surface area contributed by atoms with Gasteiger partial charge in [0.25, 0.3) is 0 Å². The standard InChI is InChI=1S/C13H18BrNO2/c14-11-1-3-12(4-2-11)15-13(9-16)10-5-7-17-8-6-10/h1-4,10,13,15-16H,5-9H2. The van der Waals surface area contributed by atoms with Gasteiger partial charge in [0, 0.05) is 23.4 Å². The Kier molecular flexibility index (Phi) is 4.83. The van der Waals surface area contributed by atoms with Crippen LogP contribution in [0.5, 0.6) is 0 Å². The number of ether oxygens (including phenoxy) is 1. The molecule has 2 rings (SSSR count). The van der Waals surface area contributed by atoms with Crippen LogP contribution in [0.2, 0.25) is 0 Å². The van der Waals surface area contributed by atoms with E-state index in [0.717, 1.165) is 36.2 Å². The lowest BCUT2D eigenvalue weighted by Crippen LogP contribution is -2.36. The van der Waals surface area contributed by atoms with Crippen LogP contribution in [0.4, 0.5) is 5.69 Å². The molecule has 0 spiro atoms. The predicted octanol–water partition coefficient (Wildman–Crippen LogP) is 2.65. The first kappa shape index (κ1) is 12.9. The van der Waals surface area contributed by atoms with E-state index >= 15 is 0 Å². The van der Waals surface area contributed by atoms with Crippen molar-refractivity contribution in [2.24, 2.45) is 5.92 Å². The molecule has 1 aromatic carbocycles. The molecule has 1 aliphatic heterocycles. The highest BCUT2D eigenvalue weighted by Gasteiger charge is 2.23. The molecule has 1 heterocycles. The molecular weight excluding hydrogens is 282 g/mol. The van der Waals surface area contributed by atoms with E-state index in [1.54, 1.807) is 0 Å². The number of anilines is 1. The summed E-state index contributed by atoms with van der Waals surface area (Å²) in [6, 6.07) is 8.17. The van der Waals surface area contributed by atoms with Crippen molar-refractivity contribution in [2.75, 3.05) is 25.1 Å². The number of nitrogens with one attached hydrogen (secondary N) is 1. The average Bonchev–Trinajstić information content (AvgIpc) is 2.39. The predicted molar refractivity (Wildman–Crippen MR) is 72.2 cm³/mol. The van der Waals surface area contributed by atoms with Gasteiger partial charge in [-0.05, 0) is 43.0 Å². The van der Waals surface area contributed by atoms with Gasteiger partial charge in [0.1, 0.15) is 0 Å². The fraction of sp³-hybridized carbons (Fsp3) is 0.538. The van der Waals surface area contributed by atoms with Crippen molar-refractivity contribution in [1.82, 2.24) is 0 Å². The Bertz CT molecular complexity index is 336. The van der Waals surface area contributed by atoms with Gasteiger partial charge < -0.3 is 15.2 Å². The maximum atomic E-state index is 9.48. The van der Waals surface area contributed by atoms with Crippen LogP contribution in [0, 0.1) is 5.92 Å². The summed E-state index contributed by atoms with van der Waals surface area (Å²) in [5.74, 6) is 0.498. The molecule has 94 valence electrons. The van der Waals surface area contributed by atoms with Crippen LogP contribution in [-0.4, -0.2) is 31.0 Å². The summed E-state index contributed by atoms with van der Waals surface area (Å²) >= 11 is 3.41. The van der Waals surface area contributed by atoms with E-state index in [4.69, 9.17) is 4.74 Å². The number of halogens is 1. The van der Waals surface area contributed by atoms with E-state index in [9.17, 15) is 5.11 Å². The first-order valence-corrected chi connectivity index (χ1v) is 6.79. The molecule has 0 saturated carbocycles. The molecule has 1 aromatic rings. The number of benzene rings is 1. The second kappa shape index (κ2) is 6.38. The zero-order chi connectivity index (χ0) is 12.1. The Labute approximate surface area is 110 Å². The topological polar surface area (TPSA) is 41.5 Å². The van der Waals surface area contributed by atoms with Gasteiger partial charge in [-0.25, -0.2) is 0 Å². The van der Waals surface area contributed by atoms with Crippen molar-refractivity contribution < 1.29 is 9.84 Å². The number of aliphatic hydroxyl groups excluding tert-OH is 1. The third-order valence-corrected chi connectivity index (χ3v) is 3.76. The van der Waals surface area contributed by atoms with E-state index in [2.05, 4.69) is 21.2 Å². The maximum absolute atomic E-state index is 9.48. The summed E-state index contributed by atoms with van der Waals surface area (Å²) in [6.45, 7) is 1.78. The molecule has 1 atom stereocenters. The smallest absolute Gasteiger partial charge is 0.0635 e. The SMILES string of the molecule is OCC(Nc1ccc(Br)cc1)C1CCOCC1. The van der Waals surface area contributed by atoms with E-state index in [-0.39, 0.29) is 12.6 Å². The van der Waals surface area contributed by atoms with Crippen LogP contribution < -0.4 is 5.32 Å². The minimum atomic E-state index is 0.125. The fourth-order valence-electron chi connectivity index (χ4n) is 2.19. The quantitative estimate of drug-likeness (QED) is 0.898. The minimum absolute atomic E-state index is 0.125. The largest absolute Gasteiger partial charge is 0.394 e. The number of hydrogen-bond donors (Lipinski definition) is 2. The molecule has 0 radical (unpaired) electrons. The van der Waals surface area contributed by atoms with Gasteiger partial charge in [-0.3, -0.25) is 0 Å². The molecule has 1 saturated heterocycles. The van der Waals surface area contributed by atoms with Crippen molar-refractivity contribution in [3.05, 3.63) is 28.7 Å². The number of aliphatic hydroxyl groups is 1. The second-order valence-corrected chi connectivity index (χ2v) is 5.31. The first-order chi connectivity index (χ1) is 8.29. The Morgan fingerprint density at radius 1 is 1.29 bits per heavy atom. The molecular formula is C13H18BrNO2. The maximum Gasteiger partial charge on any atom is 0.0635 e.